The van der Waals surface area contributed by atoms with Gasteiger partial charge >= 0.3 is 5.97 Å². The summed E-state index contributed by atoms with van der Waals surface area (Å²) >= 11 is 0. The number of likely N-dealkylation sites (tertiary alicyclic amines) is 2. The third kappa shape index (κ3) is 3.01. The normalized spacial score (nSPS) is 25.1. The van der Waals surface area contributed by atoms with Gasteiger partial charge < -0.3 is 14.9 Å². The fourth-order valence-electron chi connectivity index (χ4n) is 3.76. The number of carbonyl (C=O) groups excluding carboxylic acids is 2. The summed E-state index contributed by atoms with van der Waals surface area (Å²) in [7, 11) is 0. The van der Waals surface area contributed by atoms with Gasteiger partial charge in [0.2, 0.25) is 11.8 Å². The van der Waals surface area contributed by atoms with Gasteiger partial charge in [-0.05, 0) is 18.1 Å². The predicted molar refractivity (Wildman–Crippen MR) is 89.5 cm³/mol. The third-order valence-corrected chi connectivity index (χ3v) is 5.10. The first-order valence-electron chi connectivity index (χ1n) is 8.27. The van der Waals surface area contributed by atoms with Gasteiger partial charge in [-0.3, -0.25) is 19.4 Å². The summed E-state index contributed by atoms with van der Waals surface area (Å²) in [6.45, 7) is 4.32. The Kier molecular flexibility index (Phi) is 4.57. The van der Waals surface area contributed by atoms with Crippen molar-refractivity contribution in [2.75, 3.05) is 26.2 Å². The predicted octanol–water partition coefficient (Wildman–Crippen LogP) is 0.572. The quantitative estimate of drug-likeness (QED) is 0.763. The first kappa shape index (κ1) is 17.1. The minimum atomic E-state index is -1.20. The van der Waals surface area contributed by atoms with Crippen molar-refractivity contribution in [1.82, 2.24) is 14.8 Å². The van der Waals surface area contributed by atoms with Crippen molar-refractivity contribution >= 4 is 17.8 Å². The van der Waals surface area contributed by atoms with Crippen molar-refractivity contribution in [3.63, 3.8) is 0 Å². The molecule has 1 N–H and O–H groups in total. The Balaban J connectivity index is 1.69. The Morgan fingerprint density at radius 3 is 2.84 bits per heavy atom. The highest BCUT2D eigenvalue weighted by Gasteiger charge is 2.62. The standard InChI is InChI=1S/C18H21N3O4/c1-2-8-20-11-18(17(24)25)12-21(10-14(18)16(20)23)15(22)6-5-13-4-3-7-19-9-13/h2-4,7,9,14H,1,5-6,8,10-12H2,(H,24,25)/t14-,18+/m1/s1. The Bertz CT molecular complexity index is 706. The number of carboxylic acids is 1. The van der Waals surface area contributed by atoms with E-state index in [1.54, 1.807) is 18.5 Å². The van der Waals surface area contributed by atoms with E-state index in [0.717, 1.165) is 5.56 Å². The van der Waals surface area contributed by atoms with E-state index in [1.807, 2.05) is 12.1 Å². The summed E-state index contributed by atoms with van der Waals surface area (Å²) in [4.78, 5) is 44.0. The van der Waals surface area contributed by atoms with Crippen molar-refractivity contribution in [2.45, 2.75) is 12.8 Å². The van der Waals surface area contributed by atoms with Crippen LogP contribution in [0, 0.1) is 11.3 Å². The fraction of sp³-hybridized carbons (Fsp3) is 0.444. The average Bonchev–Trinajstić information content (AvgIpc) is 3.11. The van der Waals surface area contributed by atoms with Crippen LogP contribution in [0.3, 0.4) is 0 Å². The van der Waals surface area contributed by atoms with Crippen molar-refractivity contribution in [3.05, 3.63) is 42.7 Å². The smallest absolute Gasteiger partial charge is 0.314 e. The minimum absolute atomic E-state index is 0.0816. The number of rotatable bonds is 6. The molecule has 0 unspecified atom stereocenters. The summed E-state index contributed by atoms with van der Waals surface area (Å²) in [5, 5.41) is 9.73. The molecular formula is C18H21N3O4. The maximum Gasteiger partial charge on any atom is 0.314 e. The van der Waals surface area contributed by atoms with E-state index < -0.39 is 17.3 Å². The van der Waals surface area contributed by atoms with Crippen LogP contribution in [0.1, 0.15) is 12.0 Å². The van der Waals surface area contributed by atoms with E-state index in [9.17, 15) is 19.5 Å². The SMILES string of the molecule is C=CCN1C[C@]2(C(=O)O)CN(C(=O)CCc3cccnc3)C[C@@H]2C1=O. The molecule has 0 aliphatic carbocycles. The highest BCUT2D eigenvalue weighted by Crippen LogP contribution is 2.43. The van der Waals surface area contributed by atoms with Crippen LogP contribution in [-0.2, 0) is 20.8 Å². The summed E-state index contributed by atoms with van der Waals surface area (Å²) < 4.78 is 0. The van der Waals surface area contributed by atoms with Gasteiger partial charge in [0, 0.05) is 45.0 Å². The molecule has 0 spiro atoms. The molecule has 3 rings (SSSR count). The zero-order valence-corrected chi connectivity index (χ0v) is 13.9. The lowest BCUT2D eigenvalue weighted by molar-refractivity contribution is -0.150. The second-order valence-corrected chi connectivity index (χ2v) is 6.66. The van der Waals surface area contributed by atoms with E-state index in [-0.39, 0.29) is 37.9 Å². The number of hydrogen-bond acceptors (Lipinski definition) is 4. The molecule has 0 radical (unpaired) electrons. The van der Waals surface area contributed by atoms with E-state index in [4.69, 9.17) is 0 Å². The Hall–Kier alpha value is -2.70. The molecule has 3 heterocycles. The van der Waals surface area contributed by atoms with E-state index in [1.165, 1.54) is 9.80 Å². The van der Waals surface area contributed by atoms with Crippen LogP contribution >= 0.6 is 0 Å². The van der Waals surface area contributed by atoms with Crippen molar-refractivity contribution in [1.29, 1.82) is 0 Å². The summed E-state index contributed by atoms with van der Waals surface area (Å²) in [5.41, 5.74) is -0.249. The van der Waals surface area contributed by atoms with Crippen molar-refractivity contribution in [3.8, 4) is 0 Å². The van der Waals surface area contributed by atoms with Crippen LogP contribution in [0.2, 0.25) is 0 Å². The molecular weight excluding hydrogens is 322 g/mol. The van der Waals surface area contributed by atoms with E-state index in [2.05, 4.69) is 11.6 Å². The van der Waals surface area contributed by atoms with Gasteiger partial charge in [-0.1, -0.05) is 12.1 Å². The van der Waals surface area contributed by atoms with Gasteiger partial charge in [-0.2, -0.15) is 0 Å². The van der Waals surface area contributed by atoms with E-state index in [0.29, 0.717) is 13.0 Å². The number of nitrogens with zero attached hydrogens (tertiary/aromatic N) is 3. The van der Waals surface area contributed by atoms with E-state index >= 15 is 0 Å². The molecule has 7 nitrogen and oxygen atoms in total. The molecule has 2 amide bonds. The monoisotopic (exact) mass is 343 g/mol. The van der Waals surface area contributed by atoms with Gasteiger partial charge in [-0.25, -0.2) is 0 Å². The number of fused-ring (bicyclic) bond motifs is 1. The minimum Gasteiger partial charge on any atom is -0.481 e. The molecule has 2 atom stereocenters. The zero-order chi connectivity index (χ0) is 18.0. The molecule has 2 fully saturated rings. The third-order valence-electron chi connectivity index (χ3n) is 5.10. The van der Waals surface area contributed by atoms with Gasteiger partial charge in [0.25, 0.3) is 0 Å². The lowest BCUT2D eigenvalue weighted by atomic mass is 9.81. The summed E-state index contributed by atoms with van der Waals surface area (Å²) in [6, 6.07) is 3.71. The number of aliphatic carboxylic acids is 1. The number of pyridine rings is 1. The molecule has 132 valence electrons. The Morgan fingerprint density at radius 2 is 2.24 bits per heavy atom. The number of carbonyl (C=O) groups is 3. The molecule has 2 aliphatic heterocycles. The maximum atomic E-state index is 12.5. The molecule has 7 heteroatoms. The van der Waals surface area contributed by atoms with Crippen LogP contribution < -0.4 is 0 Å². The van der Waals surface area contributed by atoms with Crippen LogP contribution in [-0.4, -0.2) is 63.9 Å². The largest absolute Gasteiger partial charge is 0.481 e. The number of aryl methyl sites for hydroxylation is 1. The van der Waals surface area contributed by atoms with Gasteiger partial charge in [0.05, 0.1) is 5.92 Å². The van der Waals surface area contributed by atoms with Crippen LogP contribution in [0.25, 0.3) is 0 Å². The molecule has 1 aromatic rings. The molecule has 2 aliphatic rings. The Labute approximate surface area is 145 Å². The zero-order valence-electron chi connectivity index (χ0n) is 13.9. The van der Waals surface area contributed by atoms with Gasteiger partial charge in [-0.15, -0.1) is 6.58 Å². The van der Waals surface area contributed by atoms with Crippen LogP contribution in [0.5, 0.6) is 0 Å². The van der Waals surface area contributed by atoms with Gasteiger partial charge in [0.1, 0.15) is 5.41 Å². The summed E-state index contributed by atoms with van der Waals surface area (Å²) in [6.07, 6.45) is 5.79. The average molecular weight is 343 g/mol. The molecule has 1 aromatic heterocycles. The molecule has 0 aromatic carbocycles. The highest BCUT2D eigenvalue weighted by molar-refractivity contribution is 5.94. The van der Waals surface area contributed by atoms with Crippen LogP contribution in [0.4, 0.5) is 0 Å². The molecule has 0 saturated carbocycles. The first-order chi connectivity index (χ1) is 12.0. The lowest BCUT2D eigenvalue weighted by Gasteiger charge is -2.24. The number of aromatic nitrogens is 1. The number of carboxylic acid groups (broad SMARTS) is 1. The number of amides is 2. The topological polar surface area (TPSA) is 90.8 Å². The molecule has 25 heavy (non-hydrogen) atoms. The Morgan fingerprint density at radius 1 is 1.44 bits per heavy atom. The van der Waals surface area contributed by atoms with Gasteiger partial charge in [0.15, 0.2) is 0 Å². The second-order valence-electron chi connectivity index (χ2n) is 6.66. The van der Waals surface area contributed by atoms with Crippen LogP contribution in [0.15, 0.2) is 37.2 Å². The maximum absolute atomic E-state index is 12.5. The number of hydrogen-bond donors (Lipinski definition) is 1. The molecule has 2 saturated heterocycles. The summed E-state index contributed by atoms with van der Waals surface area (Å²) in [5.74, 6) is -2.01. The highest BCUT2D eigenvalue weighted by atomic mass is 16.4. The molecule has 0 bridgehead atoms. The fourth-order valence-corrected chi connectivity index (χ4v) is 3.76. The lowest BCUT2D eigenvalue weighted by Crippen LogP contribution is -2.42. The van der Waals surface area contributed by atoms with Crippen molar-refractivity contribution < 1.29 is 19.5 Å². The van der Waals surface area contributed by atoms with Crippen molar-refractivity contribution in [2.24, 2.45) is 11.3 Å². The first-order valence-corrected chi connectivity index (χ1v) is 8.27. The second kappa shape index (κ2) is 6.66.